The molecule has 2 amide bonds. The van der Waals surface area contributed by atoms with Crippen LogP contribution in [0.25, 0.3) is 6.08 Å². The van der Waals surface area contributed by atoms with Crippen molar-refractivity contribution in [3.63, 3.8) is 0 Å². The maximum absolute atomic E-state index is 12.7. The van der Waals surface area contributed by atoms with Crippen molar-refractivity contribution in [3.05, 3.63) is 80.4 Å². The summed E-state index contributed by atoms with van der Waals surface area (Å²) >= 11 is 2.07. The van der Waals surface area contributed by atoms with Crippen molar-refractivity contribution in [1.29, 1.82) is 5.26 Å². The standard InChI is InChI=1S/C29H28IN3O5/c1-5-37-26-15-20(13-21(16-31)29(35)32-22-8-10-23(36-4)11-9-22)14-24(30)28(26)38-17-27(34)33-25-12-18(2)6-7-19(25)3/h6-15H,5,17H2,1-4H3,(H,32,35)(H,33,34)/b21-13-. The van der Waals surface area contributed by atoms with Crippen molar-refractivity contribution in [2.75, 3.05) is 31.0 Å². The Morgan fingerprint density at radius 3 is 2.42 bits per heavy atom. The van der Waals surface area contributed by atoms with E-state index in [1.807, 2.05) is 45.0 Å². The van der Waals surface area contributed by atoms with Crippen LogP contribution in [0.5, 0.6) is 17.2 Å². The molecule has 3 aromatic carbocycles. The van der Waals surface area contributed by atoms with E-state index in [0.29, 0.717) is 38.7 Å². The minimum Gasteiger partial charge on any atom is -0.497 e. The Bertz CT molecular complexity index is 1390. The highest BCUT2D eigenvalue weighted by Crippen LogP contribution is 2.35. The third-order valence-corrected chi connectivity index (χ3v) is 6.17. The number of aryl methyl sites for hydroxylation is 2. The smallest absolute Gasteiger partial charge is 0.266 e. The number of carbonyl (C=O) groups excluding carboxylic acids is 2. The average Bonchev–Trinajstić information content (AvgIpc) is 2.89. The minimum atomic E-state index is -0.547. The largest absolute Gasteiger partial charge is 0.497 e. The first-order chi connectivity index (χ1) is 18.2. The quantitative estimate of drug-likeness (QED) is 0.166. The Morgan fingerprint density at radius 1 is 1.03 bits per heavy atom. The number of methoxy groups -OCH3 is 1. The number of carbonyl (C=O) groups is 2. The average molecular weight is 625 g/mol. The number of hydrogen-bond acceptors (Lipinski definition) is 6. The molecule has 196 valence electrons. The zero-order valence-corrected chi connectivity index (χ0v) is 23.7. The van der Waals surface area contributed by atoms with Gasteiger partial charge in [-0.1, -0.05) is 12.1 Å². The Labute approximate surface area is 235 Å². The fourth-order valence-corrected chi connectivity index (χ4v) is 4.24. The molecule has 38 heavy (non-hydrogen) atoms. The van der Waals surface area contributed by atoms with Crippen LogP contribution in [-0.2, 0) is 9.59 Å². The lowest BCUT2D eigenvalue weighted by Crippen LogP contribution is -2.21. The normalized spacial score (nSPS) is 10.8. The molecule has 0 atom stereocenters. The van der Waals surface area contributed by atoms with Gasteiger partial charge >= 0.3 is 0 Å². The number of halogens is 1. The first kappa shape index (κ1) is 28.5. The molecule has 0 radical (unpaired) electrons. The van der Waals surface area contributed by atoms with Crippen LogP contribution in [0.15, 0.2) is 60.2 Å². The molecule has 0 bridgehead atoms. The summed E-state index contributed by atoms with van der Waals surface area (Å²) in [6, 6.07) is 18.0. The summed E-state index contributed by atoms with van der Waals surface area (Å²) in [5.74, 6) is 0.610. The molecule has 0 heterocycles. The minimum absolute atomic E-state index is 0.0827. The topological polar surface area (TPSA) is 110 Å². The maximum Gasteiger partial charge on any atom is 0.266 e. The van der Waals surface area contributed by atoms with Gasteiger partial charge in [-0.05, 0) is 109 Å². The first-order valence-corrected chi connectivity index (χ1v) is 12.8. The van der Waals surface area contributed by atoms with Crippen molar-refractivity contribution in [1.82, 2.24) is 0 Å². The highest BCUT2D eigenvalue weighted by molar-refractivity contribution is 14.1. The number of nitrogens with zero attached hydrogens (tertiary/aromatic N) is 1. The van der Waals surface area contributed by atoms with Crippen LogP contribution in [0.4, 0.5) is 11.4 Å². The molecule has 2 N–H and O–H groups in total. The second-order valence-corrected chi connectivity index (χ2v) is 9.43. The molecule has 0 spiro atoms. The Morgan fingerprint density at radius 2 is 1.76 bits per heavy atom. The lowest BCUT2D eigenvalue weighted by molar-refractivity contribution is -0.118. The van der Waals surface area contributed by atoms with Crippen molar-refractivity contribution in [2.45, 2.75) is 20.8 Å². The number of amides is 2. The third-order valence-electron chi connectivity index (χ3n) is 5.37. The summed E-state index contributed by atoms with van der Waals surface area (Å²) in [4.78, 5) is 25.3. The number of hydrogen-bond donors (Lipinski definition) is 2. The van der Waals surface area contributed by atoms with Gasteiger partial charge in [0.25, 0.3) is 11.8 Å². The number of nitrogens with one attached hydrogen (secondary N) is 2. The number of benzene rings is 3. The van der Waals surface area contributed by atoms with Gasteiger partial charge < -0.3 is 24.8 Å². The van der Waals surface area contributed by atoms with E-state index in [2.05, 4.69) is 33.2 Å². The summed E-state index contributed by atoms with van der Waals surface area (Å²) in [6.07, 6.45) is 1.47. The molecule has 8 nitrogen and oxygen atoms in total. The predicted molar refractivity (Wildman–Crippen MR) is 156 cm³/mol. The number of anilines is 2. The van der Waals surface area contributed by atoms with Crippen molar-refractivity contribution in [2.24, 2.45) is 0 Å². The highest BCUT2D eigenvalue weighted by atomic mass is 127. The van der Waals surface area contributed by atoms with E-state index in [9.17, 15) is 14.9 Å². The summed E-state index contributed by atoms with van der Waals surface area (Å²) < 4.78 is 17.4. The second-order valence-electron chi connectivity index (χ2n) is 8.27. The molecule has 0 aromatic heterocycles. The lowest BCUT2D eigenvalue weighted by atomic mass is 10.1. The van der Waals surface area contributed by atoms with E-state index >= 15 is 0 Å². The summed E-state index contributed by atoms with van der Waals surface area (Å²) in [5, 5.41) is 15.2. The van der Waals surface area contributed by atoms with Crippen LogP contribution in [0.1, 0.15) is 23.6 Å². The van der Waals surface area contributed by atoms with E-state index in [1.165, 1.54) is 6.08 Å². The molecule has 9 heteroatoms. The molecule has 3 aromatic rings. The van der Waals surface area contributed by atoms with Gasteiger partial charge in [-0.15, -0.1) is 0 Å². The Balaban J connectivity index is 1.76. The predicted octanol–water partition coefficient (Wildman–Crippen LogP) is 5.88. The number of rotatable bonds is 10. The van der Waals surface area contributed by atoms with Gasteiger partial charge in [-0.3, -0.25) is 9.59 Å². The van der Waals surface area contributed by atoms with Gasteiger partial charge in [0.05, 0.1) is 17.3 Å². The van der Waals surface area contributed by atoms with Crippen molar-refractivity contribution < 1.29 is 23.8 Å². The van der Waals surface area contributed by atoms with E-state index in [-0.39, 0.29) is 18.1 Å². The zero-order valence-electron chi connectivity index (χ0n) is 21.6. The molecule has 0 saturated carbocycles. The van der Waals surface area contributed by atoms with Gasteiger partial charge in [0.2, 0.25) is 0 Å². The molecule has 0 fully saturated rings. The second kappa shape index (κ2) is 13.5. The molecule has 0 aliphatic rings. The van der Waals surface area contributed by atoms with Crippen LogP contribution < -0.4 is 24.8 Å². The summed E-state index contributed by atoms with van der Waals surface area (Å²) in [6.45, 7) is 5.85. The maximum atomic E-state index is 12.7. The van der Waals surface area contributed by atoms with Crippen LogP contribution in [0.3, 0.4) is 0 Å². The summed E-state index contributed by atoms with van der Waals surface area (Å²) in [7, 11) is 1.55. The third kappa shape index (κ3) is 7.73. The first-order valence-electron chi connectivity index (χ1n) is 11.8. The van der Waals surface area contributed by atoms with Gasteiger partial charge in [0.1, 0.15) is 17.4 Å². The van der Waals surface area contributed by atoms with Crippen molar-refractivity contribution in [3.8, 4) is 23.3 Å². The molecule has 0 unspecified atom stereocenters. The van der Waals surface area contributed by atoms with E-state index < -0.39 is 5.91 Å². The molecule has 3 rings (SSSR count). The van der Waals surface area contributed by atoms with Crippen LogP contribution in [-0.4, -0.2) is 32.1 Å². The van der Waals surface area contributed by atoms with E-state index in [0.717, 1.165) is 16.8 Å². The summed E-state index contributed by atoms with van der Waals surface area (Å²) in [5.41, 5.74) is 3.75. The van der Waals surface area contributed by atoms with E-state index in [1.54, 1.807) is 43.5 Å². The fourth-order valence-electron chi connectivity index (χ4n) is 3.46. The number of nitriles is 1. The van der Waals surface area contributed by atoms with Gasteiger partial charge in [0.15, 0.2) is 18.1 Å². The SMILES string of the molecule is CCOc1cc(/C=C(/C#N)C(=O)Nc2ccc(OC)cc2)cc(I)c1OCC(=O)Nc1cc(C)ccc1C. The Hall–Kier alpha value is -4.04. The van der Waals surface area contributed by atoms with E-state index in [4.69, 9.17) is 14.2 Å². The van der Waals surface area contributed by atoms with Gasteiger partial charge in [0, 0.05) is 11.4 Å². The molecular formula is C29H28IN3O5. The van der Waals surface area contributed by atoms with Crippen LogP contribution in [0, 0.1) is 28.7 Å². The highest BCUT2D eigenvalue weighted by Gasteiger charge is 2.16. The lowest BCUT2D eigenvalue weighted by Gasteiger charge is -2.15. The number of ether oxygens (including phenoxy) is 3. The fraction of sp³-hybridized carbons (Fsp3) is 0.207. The van der Waals surface area contributed by atoms with Gasteiger partial charge in [-0.2, -0.15) is 5.26 Å². The molecule has 0 aliphatic carbocycles. The van der Waals surface area contributed by atoms with Gasteiger partial charge in [-0.25, -0.2) is 0 Å². The monoisotopic (exact) mass is 625 g/mol. The zero-order chi connectivity index (χ0) is 27.7. The van der Waals surface area contributed by atoms with Crippen LogP contribution >= 0.6 is 22.6 Å². The molecular weight excluding hydrogens is 597 g/mol. The molecule has 0 saturated heterocycles. The van der Waals surface area contributed by atoms with Crippen LogP contribution in [0.2, 0.25) is 0 Å². The van der Waals surface area contributed by atoms with Crippen molar-refractivity contribution >= 4 is 51.9 Å². The molecule has 0 aliphatic heterocycles. The Kier molecular flexibility index (Phi) is 10.1.